The molecule has 1 N–H and O–H groups in total. The molecule has 1 heterocycles. The fraction of sp³-hybridized carbons (Fsp3) is 0.562. The average molecular weight is 322 g/mol. The van der Waals surface area contributed by atoms with Crippen LogP contribution in [0, 0.1) is 0 Å². The number of rotatable bonds is 3. The van der Waals surface area contributed by atoms with Gasteiger partial charge in [-0.25, -0.2) is 8.42 Å². The Balaban J connectivity index is 1.81. The highest BCUT2D eigenvalue weighted by molar-refractivity contribution is 7.92. The Labute approximate surface area is 131 Å². The Kier molecular flexibility index (Phi) is 3.67. The van der Waals surface area contributed by atoms with Crippen molar-refractivity contribution < 1.29 is 13.2 Å². The molecule has 2 aliphatic rings. The van der Waals surface area contributed by atoms with Crippen LogP contribution in [0.4, 0.5) is 5.69 Å². The number of carbonyl (C=O) groups excluding carboxylic acids is 1. The number of carbonyl (C=O) groups is 1. The molecular weight excluding hydrogens is 300 g/mol. The lowest BCUT2D eigenvalue weighted by Gasteiger charge is -2.25. The molecule has 1 saturated carbocycles. The molecule has 5 nitrogen and oxygen atoms in total. The van der Waals surface area contributed by atoms with Crippen LogP contribution in [-0.2, 0) is 16.4 Å². The molecule has 6 heteroatoms. The zero-order valence-corrected chi connectivity index (χ0v) is 13.9. The maximum Gasteiger partial charge on any atom is 0.251 e. The van der Waals surface area contributed by atoms with Crippen LogP contribution in [0.2, 0.25) is 0 Å². The molecule has 22 heavy (non-hydrogen) atoms. The summed E-state index contributed by atoms with van der Waals surface area (Å²) in [5.41, 5.74) is 2.14. The first-order chi connectivity index (χ1) is 10.3. The molecule has 1 fully saturated rings. The van der Waals surface area contributed by atoms with Gasteiger partial charge in [0, 0.05) is 17.6 Å². The van der Waals surface area contributed by atoms with Crippen LogP contribution < -0.4 is 9.62 Å². The molecule has 0 aromatic heterocycles. The van der Waals surface area contributed by atoms with Gasteiger partial charge in [-0.3, -0.25) is 9.10 Å². The fourth-order valence-corrected chi connectivity index (χ4v) is 4.44. The molecule has 0 unspecified atom stereocenters. The minimum absolute atomic E-state index is 0.0648. The summed E-state index contributed by atoms with van der Waals surface area (Å²) in [5, 5.41) is 3.13. The van der Waals surface area contributed by atoms with E-state index in [-0.39, 0.29) is 11.4 Å². The molecular formula is C16H22N2O3S. The normalized spacial score (nSPS) is 20.0. The van der Waals surface area contributed by atoms with Crippen molar-refractivity contribution in [2.75, 3.05) is 17.1 Å². The van der Waals surface area contributed by atoms with Gasteiger partial charge in [-0.05, 0) is 49.9 Å². The number of nitrogens with zero attached hydrogens (tertiary/aromatic N) is 1. The number of nitrogens with one attached hydrogen (secondary N) is 1. The summed E-state index contributed by atoms with van der Waals surface area (Å²) in [6.45, 7) is 2.55. The van der Waals surface area contributed by atoms with E-state index in [1.54, 1.807) is 12.1 Å². The molecule has 0 atom stereocenters. The number of amides is 1. The predicted molar refractivity (Wildman–Crippen MR) is 86.7 cm³/mol. The highest BCUT2D eigenvalue weighted by Gasteiger charge is 2.31. The monoisotopic (exact) mass is 322 g/mol. The molecule has 1 aromatic rings. The van der Waals surface area contributed by atoms with Crippen LogP contribution in [0.3, 0.4) is 0 Å². The van der Waals surface area contributed by atoms with Gasteiger partial charge in [0.2, 0.25) is 10.0 Å². The van der Waals surface area contributed by atoms with Crippen LogP contribution in [0.25, 0.3) is 0 Å². The maximum atomic E-state index is 12.4. The van der Waals surface area contributed by atoms with Crippen molar-refractivity contribution >= 4 is 21.6 Å². The van der Waals surface area contributed by atoms with Crippen molar-refractivity contribution in [2.45, 2.75) is 44.6 Å². The van der Waals surface area contributed by atoms with E-state index in [0.717, 1.165) is 31.2 Å². The van der Waals surface area contributed by atoms with E-state index in [0.29, 0.717) is 24.2 Å². The zero-order chi connectivity index (χ0) is 16.0. The fourth-order valence-electron chi connectivity index (χ4n) is 3.48. The van der Waals surface area contributed by atoms with Crippen molar-refractivity contribution in [2.24, 2.45) is 0 Å². The number of sulfonamides is 1. The molecule has 1 aliphatic heterocycles. The highest BCUT2D eigenvalue weighted by atomic mass is 32.2. The zero-order valence-electron chi connectivity index (χ0n) is 13.1. The molecule has 1 aromatic carbocycles. The van der Waals surface area contributed by atoms with E-state index in [2.05, 4.69) is 12.2 Å². The SMILES string of the molecule is CC1(NC(=O)c2ccc3c(c2)CCN3S(C)(=O)=O)CCCC1. The van der Waals surface area contributed by atoms with Crippen molar-refractivity contribution in [3.05, 3.63) is 29.3 Å². The van der Waals surface area contributed by atoms with Gasteiger partial charge in [0.05, 0.1) is 11.9 Å². The lowest BCUT2D eigenvalue weighted by atomic mass is 9.99. The molecule has 1 amide bonds. The third kappa shape index (κ3) is 2.84. The Morgan fingerprint density at radius 3 is 2.59 bits per heavy atom. The molecule has 1 aliphatic carbocycles. The first-order valence-electron chi connectivity index (χ1n) is 7.72. The van der Waals surface area contributed by atoms with Gasteiger partial charge in [-0.2, -0.15) is 0 Å². The standard InChI is InChI=1S/C16H22N2O3S/c1-16(8-3-4-9-16)17-15(19)13-5-6-14-12(11-13)7-10-18(14)22(2,20)21/h5-6,11H,3-4,7-10H2,1-2H3,(H,17,19). The second-order valence-electron chi connectivity index (χ2n) is 6.65. The second kappa shape index (κ2) is 5.26. The molecule has 0 spiro atoms. The number of hydrogen-bond donors (Lipinski definition) is 1. The summed E-state index contributed by atoms with van der Waals surface area (Å²) in [5.74, 6) is -0.0648. The van der Waals surface area contributed by atoms with Gasteiger partial charge in [0.15, 0.2) is 0 Å². The van der Waals surface area contributed by atoms with Gasteiger partial charge >= 0.3 is 0 Å². The van der Waals surface area contributed by atoms with Gasteiger partial charge in [0.25, 0.3) is 5.91 Å². The first-order valence-corrected chi connectivity index (χ1v) is 9.57. The van der Waals surface area contributed by atoms with Crippen molar-refractivity contribution in [1.29, 1.82) is 0 Å². The van der Waals surface area contributed by atoms with Gasteiger partial charge < -0.3 is 5.32 Å². The average Bonchev–Trinajstić information content (AvgIpc) is 3.03. The maximum absolute atomic E-state index is 12.4. The lowest BCUT2D eigenvalue weighted by molar-refractivity contribution is 0.0908. The summed E-state index contributed by atoms with van der Waals surface area (Å²) < 4.78 is 24.9. The number of benzene rings is 1. The van der Waals surface area contributed by atoms with Crippen LogP contribution in [-0.4, -0.2) is 32.7 Å². The third-order valence-corrected chi connectivity index (χ3v) is 5.90. The topological polar surface area (TPSA) is 66.5 Å². The largest absolute Gasteiger partial charge is 0.347 e. The summed E-state index contributed by atoms with van der Waals surface area (Å²) in [6, 6.07) is 5.29. The highest BCUT2D eigenvalue weighted by Crippen LogP contribution is 2.32. The van der Waals surface area contributed by atoms with Crippen molar-refractivity contribution in [3.8, 4) is 0 Å². The van der Waals surface area contributed by atoms with Gasteiger partial charge in [-0.15, -0.1) is 0 Å². The van der Waals surface area contributed by atoms with Gasteiger partial charge in [0.1, 0.15) is 0 Å². The summed E-state index contributed by atoms with van der Waals surface area (Å²) >= 11 is 0. The van der Waals surface area contributed by atoms with Crippen molar-refractivity contribution in [1.82, 2.24) is 5.32 Å². The van der Waals surface area contributed by atoms with Crippen LogP contribution in [0.1, 0.15) is 48.5 Å². The smallest absolute Gasteiger partial charge is 0.251 e. The molecule has 3 rings (SSSR count). The van der Waals surface area contributed by atoms with E-state index < -0.39 is 10.0 Å². The predicted octanol–water partition coefficient (Wildman–Crippen LogP) is 2.07. The van der Waals surface area contributed by atoms with Crippen molar-refractivity contribution in [3.63, 3.8) is 0 Å². The number of fused-ring (bicyclic) bond motifs is 1. The quantitative estimate of drug-likeness (QED) is 0.926. The number of anilines is 1. The summed E-state index contributed by atoms with van der Waals surface area (Å²) in [4.78, 5) is 12.4. The Bertz CT molecular complexity index is 706. The van der Waals surface area contributed by atoms with Crippen LogP contribution in [0.5, 0.6) is 0 Å². The van der Waals surface area contributed by atoms with E-state index in [4.69, 9.17) is 0 Å². The Hall–Kier alpha value is -1.56. The summed E-state index contributed by atoms with van der Waals surface area (Å²) in [7, 11) is -3.24. The molecule has 120 valence electrons. The van der Waals surface area contributed by atoms with Crippen LogP contribution >= 0.6 is 0 Å². The molecule has 0 bridgehead atoms. The van der Waals surface area contributed by atoms with E-state index in [9.17, 15) is 13.2 Å². The van der Waals surface area contributed by atoms with Gasteiger partial charge in [-0.1, -0.05) is 12.8 Å². The minimum Gasteiger partial charge on any atom is -0.347 e. The van der Waals surface area contributed by atoms with E-state index in [1.165, 1.54) is 10.6 Å². The first kappa shape index (κ1) is 15.3. The lowest BCUT2D eigenvalue weighted by Crippen LogP contribution is -2.43. The molecule has 0 saturated heterocycles. The Morgan fingerprint density at radius 2 is 1.95 bits per heavy atom. The number of hydrogen-bond acceptors (Lipinski definition) is 3. The van der Waals surface area contributed by atoms with Crippen LogP contribution in [0.15, 0.2) is 18.2 Å². The Morgan fingerprint density at radius 1 is 1.27 bits per heavy atom. The molecule has 0 radical (unpaired) electrons. The third-order valence-electron chi connectivity index (χ3n) is 4.72. The second-order valence-corrected chi connectivity index (χ2v) is 8.56. The summed E-state index contributed by atoms with van der Waals surface area (Å²) in [6.07, 6.45) is 6.22. The van der Waals surface area contributed by atoms with E-state index in [1.807, 2.05) is 6.07 Å². The van der Waals surface area contributed by atoms with E-state index >= 15 is 0 Å². The minimum atomic E-state index is -3.24.